The molecule has 0 N–H and O–H groups in total. The molecule has 1 heterocycles. The highest BCUT2D eigenvalue weighted by Crippen LogP contribution is 2.29. The van der Waals surface area contributed by atoms with Gasteiger partial charge in [-0.1, -0.05) is 30.3 Å². The van der Waals surface area contributed by atoms with Crippen LogP contribution >= 0.6 is 11.3 Å². The minimum Gasteiger partial charge on any atom is -0.493 e. The molecule has 7 heteroatoms. The maximum atomic E-state index is 12.4. The third-order valence-corrected chi connectivity index (χ3v) is 4.69. The fraction of sp³-hybridized carbons (Fsp3) is 0.190. The molecule has 1 aromatic heterocycles. The molecule has 0 aliphatic carbocycles. The van der Waals surface area contributed by atoms with Crippen LogP contribution in [0, 0.1) is 0 Å². The fourth-order valence-electron chi connectivity index (χ4n) is 2.60. The topological polar surface area (TPSA) is 68.7 Å². The zero-order valence-electron chi connectivity index (χ0n) is 15.6. The summed E-state index contributed by atoms with van der Waals surface area (Å²) in [6.07, 6.45) is 0. The third-order valence-electron chi connectivity index (χ3n) is 3.82. The van der Waals surface area contributed by atoms with Crippen molar-refractivity contribution < 1.29 is 19.1 Å². The van der Waals surface area contributed by atoms with Gasteiger partial charge in [0.05, 0.1) is 18.0 Å². The number of carbonyl (C=O) groups is 2. The van der Waals surface area contributed by atoms with Gasteiger partial charge in [-0.3, -0.25) is 9.69 Å². The van der Waals surface area contributed by atoms with Gasteiger partial charge in [-0.05, 0) is 31.2 Å². The Kier molecular flexibility index (Phi) is 6.39. The Morgan fingerprint density at radius 1 is 1.07 bits per heavy atom. The number of benzene rings is 2. The molecule has 3 rings (SSSR count). The second-order valence-corrected chi connectivity index (χ2v) is 6.65. The lowest BCUT2D eigenvalue weighted by Gasteiger charge is -2.17. The van der Waals surface area contributed by atoms with Crippen molar-refractivity contribution in [3.05, 3.63) is 71.2 Å². The van der Waals surface area contributed by atoms with Gasteiger partial charge in [0, 0.05) is 12.3 Å². The average Bonchev–Trinajstić information content (AvgIpc) is 3.16. The van der Waals surface area contributed by atoms with Crippen molar-refractivity contribution in [2.45, 2.75) is 20.5 Å². The van der Waals surface area contributed by atoms with Crippen LogP contribution in [-0.4, -0.2) is 23.5 Å². The molecule has 0 fully saturated rings. The van der Waals surface area contributed by atoms with E-state index in [1.54, 1.807) is 29.6 Å². The van der Waals surface area contributed by atoms with Crippen molar-refractivity contribution in [2.75, 3.05) is 11.5 Å². The summed E-state index contributed by atoms with van der Waals surface area (Å²) in [6.45, 7) is 3.81. The zero-order chi connectivity index (χ0) is 19.9. The summed E-state index contributed by atoms with van der Waals surface area (Å²) in [7, 11) is 0. The summed E-state index contributed by atoms with van der Waals surface area (Å²) >= 11 is 1.32. The molecule has 2 aromatic carbocycles. The molecule has 3 aromatic rings. The lowest BCUT2D eigenvalue weighted by Crippen LogP contribution is -2.22. The maximum Gasteiger partial charge on any atom is 0.342 e. The normalized spacial score (nSPS) is 10.4. The molecular formula is C21H20N2O4S. The Bertz CT molecular complexity index is 956. The summed E-state index contributed by atoms with van der Waals surface area (Å²) in [5.41, 5.74) is 1.68. The first kappa shape index (κ1) is 19.6. The van der Waals surface area contributed by atoms with Crippen molar-refractivity contribution in [1.82, 2.24) is 4.98 Å². The number of nitrogens with zero attached hydrogens (tertiary/aromatic N) is 2. The predicted molar refractivity (Wildman–Crippen MR) is 108 cm³/mol. The first-order valence-corrected chi connectivity index (χ1v) is 9.67. The van der Waals surface area contributed by atoms with Crippen molar-refractivity contribution in [2.24, 2.45) is 0 Å². The van der Waals surface area contributed by atoms with Gasteiger partial charge in [0.2, 0.25) is 5.91 Å². The Morgan fingerprint density at radius 2 is 1.79 bits per heavy atom. The summed E-state index contributed by atoms with van der Waals surface area (Å²) in [5.74, 6) is -0.138. The molecule has 1 amide bonds. The van der Waals surface area contributed by atoms with Gasteiger partial charge in [0.25, 0.3) is 0 Å². The smallest absolute Gasteiger partial charge is 0.342 e. The van der Waals surface area contributed by atoms with Crippen LogP contribution in [0.2, 0.25) is 0 Å². The molecule has 0 saturated heterocycles. The quantitative estimate of drug-likeness (QED) is 0.547. The number of hydrogen-bond acceptors (Lipinski definition) is 6. The van der Waals surface area contributed by atoms with E-state index in [1.807, 2.05) is 37.3 Å². The molecule has 0 saturated carbocycles. The Morgan fingerprint density at radius 3 is 2.50 bits per heavy atom. The third kappa shape index (κ3) is 4.55. The molecule has 0 aliphatic rings. The van der Waals surface area contributed by atoms with Crippen LogP contribution in [-0.2, 0) is 16.1 Å². The van der Waals surface area contributed by atoms with E-state index in [4.69, 9.17) is 9.47 Å². The highest BCUT2D eigenvalue weighted by molar-refractivity contribution is 7.14. The predicted octanol–water partition coefficient (Wildman–Crippen LogP) is 4.58. The van der Waals surface area contributed by atoms with Gasteiger partial charge < -0.3 is 9.47 Å². The van der Waals surface area contributed by atoms with E-state index in [-0.39, 0.29) is 12.5 Å². The number of amides is 1. The molecule has 0 spiro atoms. The zero-order valence-corrected chi connectivity index (χ0v) is 16.4. The Hall–Kier alpha value is -3.19. The van der Waals surface area contributed by atoms with E-state index in [1.165, 1.54) is 23.2 Å². The number of aromatic nitrogens is 1. The van der Waals surface area contributed by atoms with Gasteiger partial charge in [0.1, 0.15) is 17.9 Å². The summed E-state index contributed by atoms with van der Waals surface area (Å²) in [4.78, 5) is 30.5. The van der Waals surface area contributed by atoms with E-state index in [9.17, 15) is 9.59 Å². The molecule has 0 aliphatic heterocycles. The second kappa shape index (κ2) is 9.14. The van der Waals surface area contributed by atoms with Crippen LogP contribution in [0.3, 0.4) is 0 Å². The number of anilines is 2. The maximum absolute atomic E-state index is 12.4. The minimum atomic E-state index is -0.481. The Labute approximate surface area is 167 Å². The number of ether oxygens (including phenoxy) is 2. The number of thiazole rings is 1. The fourth-order valence-corrected chi connectivity index (χ4v) is 3.47. The van der Waals surface area contributed by atoms with Crippen molar-refractivity contribution in [3.8, 4) is 5.75 Å². The SMILES string of the molecule is CCOc1ccccc1C(=O)OCc1csc(N(C(C)=O)c2ccccc2)n1. The van der Waals surface area contributed by atoms with Gasteiger partial charge in [-0.25, -0.2) is 9.78 Å². The number of para-hydroxylation sites is 2. The Balaban J connectivity index is 1.71. The largest absolute Gasteiger partial charge is 0.493 e. The van der Waals surface area contributed by atoms with E-state index < -0.39 is 5.97 Å². The number of rotatable bonds is 7. The highest BCUT2D eigenvalue weighted by Gasteiger charge is 2.19. The van der Waals surface area contributed by atoms with Gasteiger partial charge in [-0.15, -0.1) is 11.3 Å². The number of hydrogen-bond donors (Lipinski definition) is 0. The second-order valence-electron chi connectivity index (χ2n) is 5.82. The first-order valence-electron chi connectivity index (χ1n) is 8.79. The molecule has 0 atom stereocenters. The number of carbonyl (C=O) groups excluding carboxylic acids is 2. The minimum absolute atomic E-state index is 0.0102. The van der Waals surface area contributed by atoms with Crippen molar-refractivity contribution in [1.29, 1.82) is 0 Å². The molecule has 0 bridgehead atoms. The van der Waals surface area contributed by atoms with Crippen molar-refractivity contribution >= 4 is 34.0 Å². The molecule has 28 heavy (non-hydrogen) atoms. The van der Waals surface area contributed by atoms with Crippen molar-refractivity contribution in [3.63, 3.8) is 0 Å². The summed E-state index contributed by atoms with van der Waals surface area (Å²) in [6, 6.07) is 16.2. The summed E-state index contributed by atoms with van der Waals surface area (Å²) in [5, 5.41) is 2.30. The van der Waals surface area contributed by atoms with E-state index >= 15 is 0 Å². The van der Waals surface area contributed by atoms with Crippen LogP contribution in [0.4, 0.5) is 10.8 Å². The number of esters is 1. The van der Waals surface area contributed by atoms with Gasteiger partial charge in [-0.2, -0.15) is 0 Å². The van der Waals surface area contributed by atoms with Crippen LogP contribution in [0.5, 0.6) is 5.75 Å². The van der Waals surface area contributed by atoms with Gasteiger partial charge >= 0.3 is 5.97 Å². The highest BCUT2D eigenvalue weighted by atomic mass is 32.1. The van der Waals surface area contributed by atoms with Gasteiger partial charge in [0.15, 0.2) is 5.13 Å². The molecule has 6 nitrogen and oxygen atoms in total. The molecular weight excluding hydrogens is 376 g/mol. The standard InChI is InChI=1S/C21H20N2O4S/c1-3-26-19-12-8-7-11-18(19)20(25)27-13-16-14-28-21(22-16)23(15(2)24)17-9-5-4-6-10-17/h4-12,14H,3,13H2,1-2H3. The molecule has 144 valence electrons. The summed E-state index contributed by atoms with van der Waals surface area (Å²) < 4.78 is 10.8. The van der Waals surface area contributed by atoms with Crippen LogP contribution in [0.1, 0.15) is 29.9 Å². The lowest BCUT2D eigenvalue weighted by atomic mass is 10.2. The average molecular weight is 396 g/mol. The van der Waals surface area contributed by atoms with Crippen LogP contribution < -0.4 is 9.64 Å². The van der Waals surface area contributed by atoms with Crippen LogP contribution in [0.25, 0.3) is 0 Å². The van der Waals surface area contributed by atoms with Crippen LogP contribution in [0.15, 0.2) is 60.0 Å². The van der Waals surface area contributed by atoms with E-state index in [2.05, 4.69) is 4.98 Å². The lowest BCUT2D eigenvalue weighted by molar-refractivity contribution is -0.115. The molecule has 0 radical (unpaired) electrons. The first-order chi connectivity index (χ1) is 13.6. The monoisotopic (exact) mass is 396 g/mol. The molecule has 0 unspecified atom stereocenters. The van der Waals surface area contributed by atoms with E-state index in [0.29, 0.717) is 28.7 Å². The van der Waals surface area contributed by atoms with E-state index in [0.717, 1.165) is 5.69 Å².